The predicted octanol–water partition coefficient (Wildman–Crippen LogP) is 2.44. The second-order valence-corrected chi connectivity index (χ2v) is 4.16. The molecule has 0 fully saturated rings. The summed E-state index contributed by atoms with van der Waals surface area (Å²) in [5.41, 5.74) is 6.56. The first-order valence-corrected chi connectivity index (χ1v) is 5.96. The zero-order chi connectivity index (χ0) is 13.8. The van der Waals surface area contributed by atoms with Gasteiger partial charge in [0.2, 0.25) is 11.7 Å². The van der Waals surface area contributed by atoms with Gasteiger partial charge in [-0.05, 0) is 18.6 Å². The molecule has 1 aromatic heterocycles. The first-order valence-electron chi connectivity index (χ1n) is 5.96. The molecule has 2 rings (SSSR count). The number of benzene rings is 1. The molecule has 0 saturated carbocycles. The van der Waals surface area contributed by atoms with Gasteiger partial charge in [0.05, 0.1) is 11.0 Å². The van der Waals surface area contributed by atoms with Gasteiger partial charge in [-0.2, -0.15) is 4.98 Å². The summed E-state index contributed by atoms with van der Waals surface area (Å²) >= 11 is 0. The molecule has 7 nitrogen and oxygen atoms in total. The fraction of sp³-hybridized carbons (Fsp3) is 0.333. The van der Waals surface area contributed by atoms with Gasteiger partial charge in [-0.25, -0.2) is 0 Å². The van der Waals surface area contributed by atoms with Gasteiger partial charge in [0.25, 0.3) is 5.69 Å². The molecule has 7 heteroatoms. The fourth-order valence-corrected chi connectivity index (χ4v) is 1.67. The molecule has 19 heavy (non-hydrogen) atoms. The second-order valence-electron chi connectivity index (χ2n) is 4.16. The number of aromatic nitrogens is 2. The van der Waals surface area contributed by atoms with Crippen LogP contribution < -0.4 is 5.73 Å². The average Bonchev–Trinajstić information content (AvgIpc) is 2.89. The highest BCUT2D eigenvalue weighted by Gasteiger charge is 2.15. The minimum Gasteiger partial charge on any atom is -0.337 e. The van der Waals surface area contributed by atoms with Gasteiger partial charge in [0, 0.05) is 17.7 Å². The van der Waals surface area contributed by atoms with Crippen LogP contribution in [0.15, 0.2) is 28.8 Å². The summed E-state index contributed by atoms with van der Waals surface area (Å²) in [6.45, 7) is 2.02. The predicted molar refractivity (Wildman–Crippen MR) is 68.2 cm³/mol. The zero-order valence-corrected chi connectivity index (χ0v) is 10.4. The van der Waals surface area contributed by atoms with Crippen LogP contribution >= 0.6 is 0 Å². The molecule has 2 N–H and O–H groups in total. The van der Waals surface area contributed by atoms with E-state index in [1.165, 1.54) is 12.1 Å². The van der Waals surface area contributed by atoms with Crippen LogP contribution in [0.3, 0.4) is 0 Å². The molecule has 0 aliphatic rings. The molecule has 0 aliphatic heterocycles. The number of hydrogen-bond acceptors (Lipinski definition) is 6. The van der Waals surface area contributed by atoms with Crippen molar-refractivity contribution in [2.24, 2.45) is 5.73 Å². The van der Waals surface area contributed by atoms with Gasteiger partial charge in [-0.3, -0.25) is 10.1 Å². The summed E-state index contributed by atoms with van der Waals surface area (Å²) in [5.74, 6) is 0.770. The highest BCUT2D eigenvalue weighted by atomic mass is 16.6. The van der Waals surface area contributed by atoms with Crippen molar-refractivity contribution in [1.82, 2.24) is 10.1 Å². The maximum Gasteiger partial charge on any atom is 0.269 e. The van der Waals surface area contributed by atoms with Crippen molar-refractivity contribution in [3.05, 3.63) is 40.3 Å². The smallest absolute Gasteiger partial charge is 0.269 e. The van der Waals surface area contributed by atoms with Crippen LogP contribution in [-0.4, -0.2) is 15.1 Å². The summed E-state index contributed by atoms with van der Waals surface area (Å²) < 4.78 is 5.09. The number of nitro benzene ring substituents is 1. The molecular weight excluding hydrogens is 248 g/mol. The minimum absolute atomic E-state index is 0.0233. The molecule has 1 aromatic carbocycles. The maximum absolute atomic E-state index is 10.6. The summed E-state index contributed by atoms with van der Waals surface area (Å²) in [4.78, 5) is 14.3. The number of non-ortho nitro benzene ring substituents is 1. The monoisotopic (exact) mass is 262 g/mol. The Bertz CT molecular complexity index is 565. The lowest BCUT2D eigenvalue weighted by molar-refractivity contribution is -0.384. The lowest BCUT2D eigenvalue weighted by Gasteiger charge is -2.02. The van der Waals surface area contributed by atoms with Gasteiger partial charge in [-0.1, -0.05) is 18.5 Å². The third-order valence-corrected chi connectivity index (χ3v) is 2.69. The van der Waals surface area contributed by atoms with Crippen LogP contribution in [0.1, 0.15) is 31.7 Å². The molecule has 0 aliphatic carbocycles. The summed E-state index contributed by atoms with van der Waals surface area (Å²) in [6.07, 6.45) is 1.69. The second kappa shape index (κ2) is 5.57. The van der Waals surface area contributed by atoms with Gasteiger partial charge in [0.1, 0.15) is 0 Å². The lowest BCUT2D eigenvalue weighted by Crippen LogP contribution is -2.09. The van der Waals surface area contributed by atoms with Crippen LogP contribution in [0, 0.1) is 10.1 Å². The van der Waals surface area contributed by atoms with Crippen molar-refractivity contribution in [2.45, 2.75) is 25.8 Å². The highest BCUT2D eigenvalue weighted by Crippen LogP contribution is 2.22. The largest absolute Gasteiger partial charge is 0.337 e. The molecule has 1 atom stereocenters. The fourth-order valence-electron chi connectivity index (χ4n) is 1.67. The Balaban J connectivity index is 2.20. The third kappa shape index (κ3) is 2.94. The normalized spacial score (nSPS) is 12.3. The Morgan fingerprint density at radius 2 is 2.11 bits per heavy atom. The molecule has 2 aromatic rings. The van der Waals surface area contributed by atoms with Crippen LogP contribution in [-0.2, 0) is 0 Å². The topological polar surface area (TPSA) is 108 Å². The van der Waals surface area contributed by atoms with E-state index in [2.05, 4.69) is 10.1 Å². The van der Waals surface area contributed by atoms with E-state index in [0.29, 0.717) is 17.3 Å². The first kappa shape index (κ1) is 13.2. The molecule has 0 spiro atoms. The van der Waals surface area contributed by atoms with Crippen LogP contribution in [0.4, 0.5) is 5.69 Å². The number of hydrogen-bond donors (Lipinski definition) is 1. The summed E-state index contributed by atoms with van der Waals surface area (Å²) in [7, 11) is 0. The number of nitrogens with zero attached hydrogens (tertiary/aromatic N) is 3. The van der Waals surface area contributed by atoms with E-state index in [9.17, 15) is 10.1 Å². The van der Waals surface area contributed by atoms with E-state index >= 15 is 0 Å². The molecular formula is C12H14N4O3. The van der Waals surface area contributed by atoms with Crippen molar-refractivity contribution >= 4 is 5.69 Å². The van der Waals surface area contributed by atoms with Gasteiger partial charge < -0.3 is 10.3 Å². The van der Waals surface area contributed by atoms with Crippen molar-refractivity contribution in [2.75, 3.05) is 0 Å². The quantitative estimate of drug-likeness (QED) is 0.654. The number of nitrogens with two attached hydrogens (primary N) is 1. The standard InChI is InChI=1S/C12H14N4O3/c1-2-3-10(13)12-14-11(15-19-12)8-4-6-9(7-5-8)16(17)18/h4-7,10H,2-3,13H2,1H3. The van der Waals surface area contributed by atoms with E-state index in [1.54, 1.807) is 12.1 Å². The van der Waals surface area contributed by atoms with E-state index < -0.39 is 4.92 Å². The van der Waals surface area contributed by atoms with E-state index in [-0.39, 0.29) is 11.7 Å². The Kier molecular flexibility index (Phi) is 3.86. The minimum atomic E-state index is -0.456. The van der Waals surface area contributed by atoms with Crippen molar-refractivity contribution < 1.29 is 9.45 Å². The molecule has 100 valence electrons. The van der Waals surface area contributed by atoms with E-state index in [1.807, 2.05) is 6.92 Å². The Morgan fingerprint density at radius 3 is 2.68 bits per heavy atom. The van der Waals surface area contributed by atoms with E-state index in [0.717, 1.165) is 12.8 Å². The Labute approximate surface area is 109 Å². The van der Waals surface area contributed by atoms with Crippen LogP contribution in [0.5, 0.6) is 0 Å². The van der Waals surface area contributed by atoms with Crippen molar-refractivity contribution in [1.29, 1.82) is 0 Å². The summed E-state index contributed by atoms with van der Waals surface area (Å²) in [5, 5.41) is 14.4. The first-order chi connectivity index (χ1) is 9.11. The average molecular weight is 262 g/mol. The van der Waals surface area contributed by atoms with Gasteiger partial charge >= 0.3 is 0 Å². The SMILES string of the molecule is CCCC(N)c1nc(-c2ccc([N+](=O)[O-])cc2)no1. The van der Waals surface area contributed by atoms with Crippen molar-refractivity contribution in [3.8, 4) is 11.4 Å². The van der Waals surface area contributed by atoms with Gasteiger partial charge in [0.15, 0.2) is 0 Å². The molecule has 0 saturated heterocycles. The van der Waals surface area contributed by atoms with Crippen LogP contribution in [0.2, 0.25) is 0 Å². The zero-order valence-electron chi connectivity index (χ0n) is 10.4. The molecule has 1 unspecified atom stereocenters. The lowest BCUT2D eigenvalue weighted by atomic mass is 10.2. The Hall–Kier alpha value is -2.28. The van der Waals surface area contributed by atoms with Crippen molar-refractivity contribution in [3.63, 3.8) is 0 Å². The molecule has 0 radical (unpaired) electrons. The Morgan fingerprint density at radius 1 is 1.42 bits per heavy atom. The third-order valence-electron chi connectivity index (χ3n) is 2.69. The van der Waals surface area contributed by atoms with E-state index in [4.69, 9.17) is 10.3 Å². The molecule has 0 bridgehead atoms. The van der Waals surface area contributed by atoms with Crippen LogP contribution in [0.25, 0.3) is 11.4 Å². The highest BCUT2D eigenvalue weighted by molar-refractivity contribution is 5.56. The number of rotatable bonds is 5. The maximum atomic E-state index is 10.6. The summed E-state index contributed by atoms with van der Waals surface area (Å²) in [6, 6.07) is 5.69. The molecule has 0 amide bonds. The molecule has 1 heterocycles. The van der Waals surface area contributed by atoms with Gasteiger partial charge in [-0.15, -0.1) is 0 Å². The number of nitro groups is 1.